The minimum atomic E-state index is -0.889. The minimum Gasteiger partial charge on any atom is -0.497 e. The molecule has 2 heterocycles. The molecule has 1 fully saturated rings. The minimum absolute atomic E-state index is 0.230. The topological polar surface area (TPSA) is 74.9 Å². The molecule has 3 aromatic carbocycles. The molecule has 1 aromatic heterocycles. The number of anilines is 1. The average Bonchev–Trinajstić information content (AvgIpc) is 3.30. The molecule has 2 N–H and O–H groups in total. The number of hydrogen-bond acceptors (Lipinski definition) is 5. The van der Waals surface area contributed by atoms with Crippen molar-refractivity contribution in [3.63, 3.8) is 0 Å². The van der Waals surface area contributed by atoms with E-state index in [9.17, 15) is 9.90 Å². The molecule has 180 valence electrons. The van der Waals surface area contributed by atoms with E-state index in [2.05, 4.69) is 41.4 Å². The third-order valence-electron chi connectivity index (χ3n) is 6.80. The van der Waals surface area contributed by atoms with E-state index in [0.717, 1.165) is 36.3 Å². The van der Waals surface area contributed by atoms with E-state index in [-0.39, 0.29) is 11.7 Å². The number of furan rings is 1. The Labute approximate surface area is 205 Å². The summed E-state index contributed by atoms with van der Waals surface area (Å²) < 4.78 is 10.9. The zero-order valence-corrected chi connectivity index (χ0v) is 20.1. The van der Waals surface area contributed by atoms with Crippen LogP contribution >= 0.6 is 0 Å². The van der Waals surface area contributed by atoms with Crippen LogP contribution in [0, 0.1) is 6.92 Å². The molecule has 1 saturated heterocycles. The molecule has 0 aliphatic carbocycles. The first-order chi connectivity index (χ1) is 16.9. The monoisotopic (exact) mass is 470 g/mol. The number of carbonyl (C=O) groups is 1. The summed E-state index contributed by atoms with van der Waals surface area (Å²) in [5.74, 6) is 0.627. The summed E-state index contributed by atoms with van der Waals surface area (Å²) in [6, 6.07) is 23.1. The Kier molecular flexibility index (Phi) is 6.32. The van der Waals surface area contributed by atoms with Crippen LogP contribution in [0.4, 0.5) is 5.69 Å². The van der Waals surface area contributed by atoms with Crippen molar-refractivity contribution in [2.45, 2.75) is 31.9 Å². The maximum atomic E-state index is 12.7. The number of rotatable bonds is 6. The summed E-state index contributed by atoms with van der Waals surface area (Å²) >= 11 is 0. The molecule has 4 aromatic rings. The maximum absolute atomic E-state index is 12.7. The van der Waals surface area contributed by atoms with Gasteiger partial charge in [-0.25, -0.2) is 0 Å². The second-order valence-electron chi connectivity index (χ2n) is 9.34. The highest BCUT2D eigenvalue weighted by atomic mass is 16.5. The van der Waals surface area contributed by atoms with E-state index in [0.29, 0.717) is 24.1 Å². The summed E-state index contributed by atoms with van der Waals surface area (Å²) in [5, 5.41) is 15.1. The molecule has 0 bridgehead atoms. The number of carbonyl (C=O) groups excluding carboxylic acids is 1. The van der Waals surface area contributed by atoms with Gasteiger partial charge in [0.2, 0.25) is 0 Å². The Morgan fingerprint density at radius 1 is 1.06 bits per heavy atom. The van der Waals surface area contributed by atoms with Crippen LogP contribution in [-0.2, 0) is 12.1 Å². The van der Waals surface area contributed by atoms with E-state index in [4.69, 9.17) is 9.15 Å². The summed E-state index contributed by atoms with van der Waals surface area (Å²) in [6.45, 7) is 4.65. The van der Waals surface area contributed by atoms with Gasteiger partial charge >= 0.3 is 0 Å². The third-order valence-corrected chi connectivity index (χ3v) is 6.80. The van der Waals surface area contributed by atoms with Crippen LogP contribution in [0.2, 0.25) is 0 Å². The van der Waals surface area contributed by atoms with Gasteiger partial charge in [-0.3, -0.25) is 9.69 Å². The number of likely N-dealkylation sites (tertiary alicyclic amines) is 1. The first-order valence-corrected chi connectivity index (χ1v) is 11.9. The van der Waals surface area contributed by atoms with Crippen LogP contribution in [0.15, 0.2) is 77.2 Å². The fraction of sp³-hybridized carbons (Fsp3) is 0.276. The van der Waals surface area contributed by atoms with Crippen LogP contribution in [0.3, 0.4) is 0 Å². The smallest absolute Gasteiger partial charge is 0.291 e. The molecular weight excluding hydrogens is 440 g/mol. The van der Waals surface area contributed by atoms with Crippen molar-refractivity contribution in [3.8, 4) is 5.75 Å². The van der Waals surface area contributed by atoms with Crippen LogP contribution in [0.5, 0.6) is 5.75 Å². The Morgan fingerprint density at radius 3 is 2.54 bits per heavy atom. The largest absolute Gasteiger partial charge is 0.497 e. The van der Waals surface area contributed by atoms with Crippen LogP contribution < -0.4 is 10.1 Å². The Bertz CT molecular complexity index is 1330. The van der Waals surface area contributed by atoms with Gasteiger partial charge in [-0.15, -0.1) is 0 Å². The number of methoxy groups -OCH3 is 1. The second kappa shape index (κ2) is 9.56. The summed E-state index contributed by atoms with van der Waals surface area (Å²) in [5.41, 5.74) is 3.82. The molecule has 1 aliphatic rings. The molecule has 1 aliphatic heterocycles. The highest BCUT2D eigenvalue weighted by Gasteiger charge is 2.34. The molecule has 0 atom stereocenters. The first kappa shape index (κ1) is 23.1. The van der Waals surface area contributed by atoms with Gasteiger partial charge in [-0.2, -0.15) is 0 Å². The lowest BCUT2D eigenvalue weighted by atomic mass is 9.84. The van der Waals surface area contributed by atoms with Gasteiger partial charge in [0.25, 0.3) is 5.91 Å². The molecule has 0 spiro atoms. The number of aryl methyl sites for hydroxylation is 1. The number of nitrogens with zero attached hydrogens (tertiary/aromatic N) is 1. The SMILES string of the molecule is COc1ccc(NC(=O)c2cc3cc(C4(O)CCN(Cc5cccc(C)c5)CC4)ccc3o2)cc1. The van der Waals surface area contributed by atoms with E-state index < -0.39 is 5.60 Å². The number of amides is 1. The summed E-state index contributed by atoms with van der Waals surface area (Å²) in [7, 11) is 1.60. The lowest BCUT2D eigenvalue weighted by Crippen LogP contribution is -2.42. The standard InChI is InChI=1S/C29H30N2O4/c1-20-4-3-5-21(16-20)19-31-14-12-29(33,13-15-31)23-6-11-26-22(17-23)18-27(35-26)28(32)30-24-7-9-25(34-2)10-8-24/h3-11,16-18,33H,12-15,19H2,1-2H3,(H,30,32). The molecule has 0 saturated carbocycles. The van der Waals surface area contributed by atoms with E-state index >= 15 is 0 Å². The number of benzene rings is 3. The predicted molar refractivity (Wildman–Crippen MR) is 137 cm³/mol. The first-order valence-electron chi connectivity index (χ1n) is 11.9. The second-order valence-corrected chi connectivity index (χ2v) is 9.34. The summed E-state index contributed by atoms with van der Waals surface area (Å²) in [4.78, 5) is 15.1. The van der Waals surface area contributed by atoms with Crippen molar-refractivity contribution >= 4 is 22.6 Å². The zero-order valence-electron chi connectivity index (χ0n) is 20.1. The molecule has 0 unspecified atom stereocenters. The molecule has 5 rings (SSSR count). The number of piperidine rings is 1. The molecular formula is C29H30N2O4. The van der Waals surface area contributed by atoms with Crippen molar-refractivity contribution < 1.29 is 19.1 Å². The number of nitrogens with one attached hydrogen (secondary N) is 1. The van der Waals surface area contributed by atoms with Gasteiger partial charge in [0, 0.05) is 30.7 Å². The maximum Gasteiger partial charge on any atom is 0.291 e. The van der Waals surface area contributed by atoms with Crippen molar-refractivity contribution in [2.75, 3.05) is 25.5 Å². The fourth-order valence-electron chi connectivity index (χ4n) is 4.75. The Morgan fingerprint density at radius 2 is 1.83 bits per heavy atom. The van der Waals surface area contributed by atoms with Crippen LogP contribution in [-0.4, -0.2) is 36.1 Å². The highest BCUT2D eigenvalue weighted by Crippen LogP contribution is 2.35. The quantitative estimate of drug-likeness (QED) is 0.390. The molecule has 0 radical (unpaired) electrons. The third kappa shape index (κ3) is 5.09. The molecule has 6 nitrogen and oxygen atoms in total. The van der Waals surface area contributed by atoms with Gasteiger partial charge < -0.3 is 19.6 Å². The highest BCUT2D eigenvalue weighted by molar-refractivity contribution is 6.04. The lowest BCUT2D eigenvalue weighted by molar-refractivity contribution is -0.0276. The van der Waals surface area contributed by atoms with E-state index in [1.54, 1.807) is 37.4 Å². The van der Waals surface area contributed by atoms with Crippen LogP contribution in [0.25, 0.3) is 11.0 Å². The van der Waals surface area contributed by atoms with E-state index in [1.807, 2.05) is 18.2 Å². The van der Waals surface area contributed by atoms with Crippen molar-refractivity contribution in [1.82, 2.24) is 4.90 Å². The average molecular weight is 471 g/mol. The Balaban J connectivity index is 1.26. The predicted octanol–water partition coefficient (Wildman–Crippen LogP) is 5.49. The Hall–Kier alpha value is -3.61. The number of ether oxygens (including phenoxy) is 1. The molecule has 35 heavy (non-hydrogen) atoms. The summed E-state index contributed by atoms with van der Waals surface area (Å²) in [6.07, 6.45) is 1.32. The van der Waals surface area contributed by atoms with E-state index in [1.165, 1.54) is 11.1 Å². The van der Waals surface area contributed by atoms with Gasteiger partial charge in [0.05, 0.1) is 12.7 Å². The number of aliphatic hydroxyl groups is 1. The normalized spacial score (nSPS) is 15.7. The molecule has 1 amide bonds. The number of fused-ring (bicyclic) bond motifs is 1. The van der Waals surface area contributed by atoms with Gasteiger partial charge in [-0.1, -0.05) is 35.9 Å². The molecule has 6 heteroatoms. The zero-order chi connectivity index (χ0) is 24.4. The fourth-order valence-corrected chi connectivity index (χ4v) is 4.75. The van der Waals surface area contributed by atoms with Gasteiger partial charge in [0.1, 0.15) is 11.3 Å². The van der Waals surface area contributed by atoms with Gasteiger partial charge in [-0.05, 0) is 73.4 Å². The number of hydrogen-bond donors (Lipinski definition) is 2. The lowest BCUT2D eigenvalue weighted by Gasteiger charge is -2.38. The van der Waals surface area contributed by atoms with Crippen molar-refractivity contribution in [3.05, 3.63) is 95.2 Å². The van der Waals surface area contributed by atoms with Crippen molar-refractivity contribution in [2.24, 2.45) is 0 Å². The van der Waals surface area contributed by atoms with Gasteiger partial charge in [0.15, 0.2) is 5.76 Å². The van der Waals surface area contributed by atoms with Crippen LogP contribution in [0.1, 0.15) is 40.1 Å². The van der Waals surface area contributed by atoms with Crippen molar-refractivity contribution in [1.29, 1.82) is 0 Å².